The maximum absolute atomic E-state index is 12.9. The molecule has 0 aliphatic carbocycles. The number of allylic oxidation sites excluding steroid dienone is 1. The van der Waals surface area contributed by atoms with Gasteiger partial charge in [0.2, 0.25) is 5.91 Å². The lowest BCUT2D eigenvalue weighted by Crippen LogP contribution is -2.24. The van der Waals surface area contributed by atoms with E-state index in [0.29, 0.717) is 19.5 Å². The number of aromatic nitrogens is 2. The first-order valence-corrected chi connectivity index (χ1v) is 10.8. The fraction of sp³-hybridized carbons (Fsp3) is 0.185. The molecule has 0 saturated carbocycles. The number of rotatable bonds is 6. The Morgan fingerprint density at radius 3 is 2.69 bits per heavy atom. The third kappa shape index (κ3) is 3.89. The van der Waals surface area contributed by atoms with Crippen LogP contribution < -0.4 is 9.64 Å². The van der Waals surface area contributed by atoms with E-state index >= 15 is 0 Å². The van der Waals surface area contributed by atoms with E-state index in [1.165, 1.54) is 5.56 Å². The average Bonchev–Trinajstić information content (AvgIpc) is 3.40. The summed E-state index contributed by atoms with van der Waals surface area (Å²) in [4.78, 5) is 19.7. The SMILES string of the molecule is COc1cccc(N2CC(c3nc4ccccc4n3CC=Cc3ccccc3)CC2=O)c1. The highest BCUT2D eigenvalue weighted by Gasteiger charge is 2.34. The van der Waals surface area contributed by atoms with Gasteiger partial charge in [-0.2, -0.15) is 0 Å². The zero-order valence-electron chi connectivity index (χ0n) is 18.0. The fourth-order valence-corrected chi connectivity index (χ4v) is 4.36. The second-order valence-electron chi connectivity index (χ2n) is 7.99. The largest absolute Gasteiger partial charge is 0.497 e. The summed E-state index contributed by atoms with van der Waals surface area (Å²) in [6.45, 7) is 1.31. The van der Waals surface area contributed by atoms with Crippen LogP contribution in [0.1, 0.15) is 23.7 Å². The lowest BCUT2D eigenvalue weighted by molar-refractivity contribution is -0.117. The maximum atomic E-state index is 12.9. The van der Waals surface area contributed by atoms with E-state index in [4.69, 9.17) is 9.72 Å². The third-order valence-corrected chi connectivity index (χ3v) is 5.94. The first kappa shape index (κ1) is 20.1. The predicted octanol–water partition coefficient (Wildman–Crippen LogP) is 5.28. The first-order chi connectivity index (χ1) is 15.7. The van der Waals surface area contributed by atoms with Gasteiger partial charge in [-0.15, -0.1) is 0 Å². The molecule has 5 rings (SSSR count). The molecule has 0 N–H and O–H groups in total. The summed E-state index contributed by atoms with van der Waals surface area (Å²) in [5.74, 6) is 1.85. The molecule has 3 aromatic carbocycles. The minimum absolute atomic E-state index is 0.0335. The second kappa shape index (κ2) is 8.71. The van der Waals surface area contributed by atoms with Crippen LogP contribution >= 0.6 is 0 Å². The number of benzene rings is 3. The van der Waals surface area contributed by atoms with E-state index in [1.807, 2.05) is 65.6 Å². The smallest absolute Gasteiger partial charge is 0.227 e. The molecule has 1 saturated heterocycles. The highest BCUT2D eigenvalue weighted by molar-refractivity contribution is 5.96. The molecule has 4 aromatic rings. The number of para-hydroxylation sites is 2. The topological polar surface area (TPSA) is 47.4 Å². The van der Waals surface area contributed by atoms with E-state index in [2.05, 4.69) is 34.9 Å². The van der Waals surface area contributed by atoms with Gasteiger partial charge in [0.1, 0.15) is 11.6 Å². The number of imidazole rings is 1. The standard InChI is InChI=1S/C27H25N3O2/c1-32-23-13-7-12-22(18-23)30-19-21(17-26(30)31)27-28-24-14-5-6-15-25(24)29(27)16-8-11-20-9-3-2-4-10-20/h2-15,18,21H,16-17,19H2,1H3. The Labute approximate surface area is 187 Å². The molecule has 1 fully saturated rings. The minimum Gasteiger partial charge on any atom is -0.497 e. The van der Waals surface area contributed by atoms with E-state index < -0.39 is 0 Å². The van der Waals surface area contributed by atoms with Gasteiger partial charge < -0.3 is 14.2 Å². The number of methoxy groups -OCH3 is 1. The van der Waals surface area contributed by atoms with Gasteiger partial charge in [0.25, 0.3) is 0 Å². The quantitative estimate of drug-likeness (QED) is 0.424. The van der Waals surface area contributed by atoms with Crippen molar-refractivity contribution in [3.63, 3.8) is 0 Å². The number of carbonyl (C=O) groups excluding carboxylic acids is 1. The molecule has 5 nitrogen and oxygen atoms in total. The Kier molecular flexibility index (Phi) is 5.46. The predicted molar refractivity (Wildman–Crippen MR) is 128 cm³/mol. The first-order valence-electron chi connectivity index (χ1n) is 10.8. The second-order valence-corrected chi connectivity index (χ2v) is 7.99. The summed E-state index contributed by atoms with van der Waals surface area (Å²) in [7, 11) is 1.64. The molecule has 0 radical (unpaired) electrons. The number of hydrogen-bond acceptors (Lipinski definition) is 3. The number of fused-ring (bicyclic) bond motifs is 1. The van der Waals surface area contributed by atoms with Crippen LogP contribution in [-0.2, 0) is 11.3 Å². The van der Waals surface area contributed by atoms with Crippen LogP contribution in [0.25, 0.3) is 17.1 Å². The maximum Gasteiger partial charge on any atom is 0.227 e. The highest BCUT2D eigenvalue weighted by atomic mass is 16.5. The molecule has 0 bridgehead atoms. The van der Waals surface area contributed by atoms with Crippen molar-refractivity contribution in [3.05, 3.63) is 96.3 Å². The van der Waals surface area contributed by atoms with Crippen LogP contribution in [0.2, 0.25) is 0 Å². The van der Waals surface area contributed by atoms with Crippen molar-refractivity contribution < 1.29 is 9.53 Å². The van der Waals surface area contributed by atoms with E-state index in [0.717, 1.165) is 28.3 Å². The van der Waals surface area contributed by atoms with Gasteiger partial charge in [-0.25, -0.2) is 4.98 Å². The summed E-state index contributed by atoms with van der Waals surface area (Å²) >= 11 is 0. The molecule has 5 heteroatoms. The molecule has 2 heterocycles. The van der Waals surface area contributed by atoms with Crippen molar-refractivity contribution in [2.75, 3.05) is 18.6 Å². The normalized spacial score (nSPS) is 16.3. The monoisotopic (exact) mass is 423 g/mol. The van der Waals surface area contributed by atoms with Crippen LogP contribution in [0.4, 0.5) is 5.69 Å². The molecule has 160 valence electrons. The van der Waals surface area contributed by atoms with Gasteiger partial charge in [0, 0.05) is 37.2 Å². The van der Waals surface area contributed by atoms with E-state index in [1.54, 1.807) is 7.11 Å². The zero-order valence-corrected chi connectivity index (χ0v) is 18.0. The number of carbonyl (C=O) groups is 1. The molecular weight excluding hydrogens is 398 g/mol. The van der Waals surface area contributed by atoms with Crippen LogP contribution in [0.5, 0.6) is 5.75 Å². The van der Waals surface area contributed by atoms with Gasteiger partial charge in [0.05, 0.1) is 18.1 Å². The molecule has 1 aliphatic heterocycles. The molecule has 1 atom stereocenters. The Hall–Kier alpha value is -3.86. The summed E-state index contributed by atoms with van der Waals surface area (Å²) in [5, 5.41) is 0. The molecule has 1 aliphatic rings. The Balaban J connectivity index is 1.45. The Morgan fingerprint density at radius 1 is 1.03 bits per heavy atom. The minimum atomic E-state index is 0.0335. The number of ether oxygens (including phenoxy) is 1. The van der Waals surface area contributed by atoms with E-state index in [9.17, 15) is 4.79 Å². The number of hydrogen-bond donors (Lipinski definition) is 0. The molecule has 1 aromatic heterocycles. The zero-order chi connectivity index (χ0) is 21.9. The molecule has 1 unspecified atom stereocenters. The third-order valence-electron chi connectivity index (χ3n) is 5.94. The molecule has 1 amide bonds. The summed E-state index contributed by atoms with van der Waals surface area (Å²) in [5.41, 5.74) is 4.08. The van der Waals surface area contributed by atoms with Crippen LogP contribution in [-0.4, -0.2) is 29.1 Å². The summed E-state index contributed by atoms with van der Waals surface area (Å²) in [6.07, 6.45) is 4.73. The number of nitrogens with zero attached hydrogens (tertiary/aromatic N) is 3. The molecular formula is C27H25N3O2. The number of amides is 1. The summed E-state index contributed by atoms with van der Waals surface area (Å²) < 4.78 is 7.58. The van der Waals surface area contributed by atoms with Crippen molar-refractivity contribution in [1.29, 1.82) is 0 Å². The van der Waals surface area contributed by atoms with Gasteiger partial charge in [-0.3, -0.25) is 4.79 Å². The van der Waals surface area contributed by atoms with Crippen LogP contribution in [0.15, 0.2) is 84.9 Å². The molecule has 32 heavy (non-hydrogen) atoms. The van der Waals surface area contributed by atoms with Crippen molar-refractivity contribution in [2.24, 2.45) is 0 Å². The Morgan fingerprint density at radius 2 is 1.84 bits per heavy atom. The van der Waals surface area contributed by atoms with Crippen molar-refractivity contribution in [1.82, 2.24) is 9.55 Å². The average molecular weight is 424 g/mol. The number of anilines is 1. The van der Waals surface area contributed by atoms with Crippen molar-refractivity contribution >= 4 is 28.7 Å². The Bertz CT molecular complexity index is 1280. The van der Waals surface area contributed by atoms with Crippen molar-refractivity contribution in [2.45, 2.75) is 18.9 Å². The van der Waals surface area contributed by atoms with Gasteiger partial charge in [-0.1, -0.05) is 60.7 Å². The van der Waals surface area contributed by atoms with Crippen LogP contribution in [0, 0.1) is 0 Å². The fourth-order valence-electron chi connectivity index (χ4n) is 4.36. The van der Waals surface area contributed by atoms with Crippen LogP contribution in [0.3, 0.4) is 0 Å². The highest BCUT2D eigenvalue weighted by Crippen LogP contribution is 2.34. The van der Waals surface area contributed by atoms with Crippen molar-refractivity contribution in [3.8, 4) is 5.75 Å². The van der Waals surface area contributed by atoms with Gasteiger partial charge >= 0.3 is 0 Å². The lowest BCUT2D eigenvalue weighted by atomic mass is 10.1. The lowest BCUT2D eigenvalue weighted by Gasteiger charge is -2.18. The summed E-state index contributed by atoms with van der Waals surface area (Å²) in [6, 6.07) is 26.1. The van der Waals surface area contributed by atoms with Gasteiger partial charge in [0.15, 0.2) is 0 Å². The van der Waals surface area contributed by atoms with Gasteiger partial charge in [-0.05, 0) is 29.8 Å². The molecule has 0 spiro atoms. The van der Waals surface area contributed by atoms with E-state index in [-0.39, 0.29) is 11.8 Å².